The summed E-state index contributed by atoms with van der Waals surface area (Å²) >= 11 is 0. The lowest BCUT2D eigenvalue weighted by molar-refractivity contribution is -0.137. The first-order valence-electron chi connectivity index (χ1n) is 7.67. The number of aromatic nitrogens is 2. The molecule has 26 heavy (non-hydrogen) atoms. The van der Waals surface area contributed by atoms with Gasteiger partial charge in [-0.05, 0) is 11.6 Å². The summed E-state index contributed by atoms with van der Waals surface area (Å²) in [4.78, 5) is 7.45. The van der Waals surface area contributed by atoms with Crippen LogP contribution in [-0.2, 0) is 10.9 Å². The van der Waals surface area contributed by atoms with Crippen LogP contribution < -0.4 is 15.4 Å². The molecule has 0 unspecified atom stereocenters. The third kappa shape index (κ3) is 3.50. The number of rotatable bonds is 5. The number of hydrogen-bond acceptors (Lipinski definition) is 6. The standard InChI is InChI=1S/C16H16F4N4O2/c1-21-14-10(16(18,19)20)5-22-15(24-14)23-12-4-11(17)9(3-13(12)25-2)8-6-26-7-8/h3-5,8H,6-7H2,1-2H3,(H2,21,22,23,24). The van der Waals surface area contributed by atoms with E-state index in [2.05, 4.69) is 20.6 Å². The zero-order valence-corrected chi connectivity index (χ0v) is 13.9. The van der Waals surface area contributed by atoms with E-state index in [1.54, 1.807) is 0 Å². The van der Waals surface area contributed by atoms with Crippen LogP contribution in [0.1, 0.15) is 17.0 Å². The van der Waals surface area contributed by atoms with Crippen molar-refractivity contribution < 1.29 is 27.0 Å². The Bertz CT molecular complexity index is 810. The van der Waals surface area contributed by atoms with Crippen molar-refractivity contribution in [2.24, 2.45) is 0 Å². The fourth-order valence-corrected chi connectivity index (χ4v) is 2.52. The highest BCUT2D eigenvalue weighted by Crippen LogP contribution is 2.37. The minimum absolute atomic E-state index is 0.0452. The molecule has 0 bridgehead atoms. The number of halogens is 4. The van der Waals surface area contributed by atoms with Gasteiger partial charge in [0.25, 0.3) is 0 Å². The number of nitrogens with zero attached hydrogens (tertiary/aromatic N) is 2. The topological polar surface area (TPSA) is 68.3 Å². The second-order valence-electron chi connectivity index (χ2n) is 5.64. The predicted octanol–water partition coefficient (Wildman–Crippen LogP) is 3.54. The normalized spacial score (nSPS) is 14.7. The van der Waals surface area contributed by atoms with E-state index < -0.39 is 23.4 Å². The van der Waals surface area contributed by atoms with E-state index in [4.69, 9.17) is 9.47 Å². The zero-order valence-electron chi connectivity index (χ0n) is 13.9. The van der Waals surface area contributed by atoms with Gasteiger partial charge in [0, 0.05) is 25.2 Å². The molecule has 6 nitrogen and oxygen atoms in total. The van der Waals surface area contributed by atoms with Crippen molar-refractivity contribution in [2.45, 2.75) is 12.1 Å². The van der Waals surface area contributed by atoms with E-state index in [1.165, 1.54) is 26.3 Å². The van der Waals surface area contributed by atoms with Crippen molar-refractivity contribution in [1.29, 1.82) is 0 Å². The fraction of sp³-hybridized carbons (Fsp3) is 0.375. The minimum Gasteiger partial charge on any atom is -0.495 e. The third-order valence-corrected chi connectivity index (χ3v) is 3.97. The molecule has 1 aromatic carbocycles. The number of benzene rings is 1. The van der Waals surface area contributed by atoms with Crippen LogP contribution in [-0.4, -0.2) is 37.3 Å². The monoisotopic (exact) mass is 372 g/mol. The van der Waals surface area contributed by atoms with E-state index in [1.807, 2.05) is 0 Å². The van der Waals surface area contributed by atoms with Gasteiger partial charge in [-0.15, -0.1) is 0 Å². The van der Waals surface area contributed by atoms with Crippen LogP contribution in [0.2, 0.25) is 0 Å². The molecule has 3 rings (SSSR count). The summed E-state index contributed by atoms with van der Waals surface area (Å²) in [5.74, 6) is -0.709. The quantitative estimate of drug-likeness (QED) is 0.783. The highest BCUT2D eigenvalue weighted by atomic mass is 19.4. The Morgan fingerprint density at radius 1 is 1.27 bits per heavy atom. The number of ether oxygens (including phenoxy) is 2. The van der Waals surface area contributed by atoms with Gasteiger partial charge >= 0.3 is 6.18 Å². The van der Waals surface area contributed by atoms with Crippen LogP contribution >= 0.6 is 0 Å². The van der Waals surface area contributed by atoms with Crippen molar-refractivity contribution in [1.82, 2.24) is 9.97 Å². The second-order valence-corrected chi connectivity index (χ2v) is 5.64. The van der Waals surface area contributed by atoms with Gasteiger partial charge in [-0.1, -0.05) is 0 Å². The van der Waals surface area contributed by atoms with Gasteiger partial charge < -0.3 is 20.1 Å². The molecule has 2 N–H and O–H groups in total. The van der Waals surface area contributed by atoms with Crippen molar-refractivity contribution >= 4 is 17.5 Å². The maximum atomic E-state index is 14.4. The predicted molar refractivity (Wildman–Crippen MR) is 86.4 cm³/mol. The molecule has 1 fully saturated rings. The van der Waals surface area contributed by atoms with Gasteiger partial charge in [0.15, 0.2) is 0 Å². The fourth-order valence-electron chi connectivity index (χ4n) is 2.52. The lowest BCUT2D eigenvalue weighted by atomic mass is 9.96. The van der Waals surface area contributed by atoms with Crippen molar-refractivity contribution in [3.8, 4) is 5.75 Å². The first-order valence-corrected chi connectivity index (χ1v) is 7.67. The molecule has 2 heterocycles. The average molecular weight is 372 g/mol. The Balaban J connectivity index is 1.92. The van der Waals surface area contributed by atoms with E-state index >= 15 is 0 Å². The maximum Gasteiger partial charge on any atom is 0.421 e. The molecule has 0 amide bonds. The largest absolute Gasteiger partial charge is 0.495 e. The minimum atomic E-state index is -4.59. The van der Waals surface area contributed by atoms with Gasteiger partial charge in [0.2, 0.25) is 5.95 Å². The molecule has 1 aliphatic heterocycles. The van der Waals surface area contributed by atoms with E-state index in [0.717, 1.165) is 0 Å². The van der Waals surface area contributed by atoms with Crippen molar-refractivity contribution in [3.05, 3.63) is 35.3 Å². The van der Waals surface area contributed by atoms with Crippen molar-refractivity contribution in [2.75, 3.05) is 38.0 Å². The first-order chi connectivity index (χ1) is 12.3. The molecule has 0 radical (unpaired) electrons. The van der Waals surface area contributed by atoms with Crippen LogP contribution in [0.4, 0.5) is 35.0 Å². The third-order valence-electron chi connectivity index (χ3n) is 3.97. The second kappa shape index (κ2) is 6.94. The van der Waals surface area contributed by atoms with E-state index in [-0.39, 0.29) is 17.6 Å². The van der Waals surface area contributed by atoms with Crippen LogP contribution in [0.3, 0.4) is 0 Å². The summed E-state index contributed by atoms with van der Waals surface area (Å²) in [7, 11) is 2.73. The van der Waals surface area contributed by atoms with Crippen LogP contribution in [0.25, 0.3) is 0 Å². The molecule has 0 aliphatic carbocycles. The van der Waals surface area contributed by atoms with Gasteiger partial charge in [-0.3, -0.25) is 0 Å². The molecular formula is C16H16F4N4O2. The van der Waals surface area contributed by atoms with Crippen LogP contribution in [0.5, 0.6) is 5.75 Å². The maximum absolute atomic E-state index is 14.4. The molecule has 2 aromatic rings. The van der Waals surface area contributed by atoms with E-state index in [0.29, 0.717) is 30.7 Å². The lowest BCUT2D eigenvalue weighted by Gasteiger charge is -2.27. The van der Waals surface area contributed by atoms with Gasteiger partial charge in [-0.25, -0.2) is 9.37 Å². The lowest BCUT2D eigenvalue weighted by Crippen LogP contribution is -2.26. The zero-order chi connectivity index (χ0) is 18.9. The highest BCUT2D eigenvalue weighted by molar-refractivity contribution is 5.65. The molecular weight excluding hydrogens is 356 g/mol. The summed E-state index contributed by atoms with van der Waals surface area (Å²) in [6.07, 6.45) is -3.93. The molecule has 1 saturated heterocycles. The Labute approximate surface area is 146 Å². The summed E-state index contributed by atoms with van der Waals surface area (Å²) in [6, 6.07) is 2.74. The van der Waals surface area contributed by atoms with Gasteiger partial charge in [0.05, 0.1) is 26.0 Å². The number of nitrogens with one attached hydrogen (secondary N) is 2. The van der Waals surface area contributed by atoms with E-state index in [9.17, 15) is 17.6 Å². The van der Waals surface area contributed by atoms with Gasteiger partial charge in [0.1, 0.15) is 22.9 Å². The summed E-state index contributed by atoms with van der Waals surface area (Å²) < 4.78 is 63.4. The smallest absolute Gasteiger partial charge is 0.421 e. The van der Waals surface area contributed by atoms with Gasteiger partial charge in [-0.2, -0.15) is 18.2 Å². The number of hydrogen-bond donors (Lipinski definition) is 2. The number of anilines is 3. The van der Waals surface area contributed by atoms with Crippen LogP contribution in [0, 0.1) is 5.82 Å². The molecule has 140 valence electrons. The summed E-state index contributed by atoms with van der Waals surface area (Å²) in [5.41, 5.74) is -0.331. The molecule has 1 aromatic heterocycles. The van der Waals surface area contributed by atoms with Crippen LogP contribution in [0.15, 0.2) is 18.3 Å². The Morgan fingerprint density at radius 2 is 2.00 bits per heavy atom. The summed E-state index contributed by atoms with van der Waals surface area (Å²) in [6.45, 7) is 0.862. The molecule has 0 atom stereocenters. The SMILES string of the molecule is CNc1nc(Nc2cc(F)c(C3COC3)cc2OC)ncc1C(F)(F)F. The summed E-state index contributed by atoms with van der Waals surface area (Å²) in [5, 5.41) is 5.07. The first kappa shape index (κ1) is 18.2. The molecule has 0 spiro atoms. The molecule has 0 saturated carbocycles. The molecule has 10 heteroatoms. The number of alkyl halides is 3. The van der Waals surface area contributed by atoms with Crippen molar-refractivity contribution in [3.63, 3.8) is 0 Å². The Hall–Kier alpha value is -2.62. The highest BCUT2D eigenvalue weighted by Gasteiger charge is 2.35. The Morgan fingerprint density at radius 3 is 2.54 bits per heavy atom. The Kier molecular flexibility index (Phi) is 4.86. The average Bonchev–Trinajstić information content (AvgIpc) is 2.54. The molecule has 1 aliphatic rings. The number of methoxy groups -OCH3 is 1.